The number of fused-ring (bicyclic) bond motifs is 4. The standard InChI is InChI=1S/C26H28BrClN6O2S/c1-32(2)24(35)22-21(28)20-13-33(9-4-10-34(20)31-22)23-17-14-36-26(12-19(17)29-25(30-23)37-3)8-7-15-5-6-16(27)11-18(15)26/h5-6,11H,4,7-10,12-14H2,1-3H3. The summed E-state index contributed by atoms with van der Waals surface area (Å²) >= 11 is 11.9. The molecule has 2 aromatic heterocycles. The van der Waals surface area contributed by atoms with Gasteiger partial charge in [-0.15, -0.1) is 0 Å². The first-order valence-electron chi connectivity index (χ1n) is 12.4. The second-order valence-corrected chi connectivity index (χ2v) is 12.1. The van der Waals surface area contributed by atoms with Gasteiger partial charge in [-0.25, -0.2) is 9.97 Å². The molecule has 0 radical (unpaired) electrons. The third-order valence-electron chi connectivity index (χ3n) is 7.58. The van der Waals surface area contributed by atoms with Crippen molar-refractivity contribution in [3.05, 3.63) is 61.5 Å². The molecule has 0 fully saturated rings. The highest BCUT2D eigenvalue weighted by Crippen LogP contribution is 2.48. The zero-order chi connectivity index (χ0) is 25.9. The highest BCUT2D eigenvalue weighted by molar-refractivity contribution is 9.10. The van der Waals surface area contributed by atoms with E-state index in [0.717, 1.165) is 64.6 Å². The minimum absolute atomic E-state index is 0.191. The van der Waals surface area contributed by atoms with Gasteiger partial charge >= 0.3 is 0 Å². The fourth-order valence-corrected chi connectivity index (χ4v) is 6.70. The van der Waals surface area contributed by atoms with Crippen molar-refractivity contribution in [1.82, 2.24) is 24.6 Å². The maximum atomic E-state index is 12.6. The average molecular weight is 604 g/mol. The Hall–Kier alpha value is -2.14. The maximum Gasteiger partial charge on any atom is 0.275 e. The van der Waals surface area contributed by atoms with E-state index < -0.39 is 0 Å². The molecular formula is C26H28BrClN6O2S. The highest BCUT2D eigenvalue weighted by Gasteiger charge is 2.44. The van der Waals surface area contributed by atoms with Crippen LogP contribution < -0.4 is 4.90 Å². The number of aryl methyl sites for hydroxylation is 2. The van der Waals surface area contributed by atoms with Crippen molar-refractivity contribution in [2.75, 3.05) is 31.8 Å². The van der Waals surface area contributed by atoms with Crippen LogP contribution >= 0.6 is 39.3 Å². The molecule has 1 aromatic carbocycles. The number of hydrogen-bond acceptors (Lipinski definition) is 7. The Morgan fingerprint density at radius 2 is 2.11 bits per heavy atom. The van der Waals surface area contributed by atoms with Crippen LogP contribution in [0, 0.1) is 0 Å². The smallest absolute Gasteiger partial charge is 0.275 e. The number of rotatable bonds is 3. The van der Waals surface area contributed by atoms with E-state index in [1.807, 2.05) is 10.9 Å². The summed E-state index contributed by atoms with van der Waals surface area (Å²) < 4.78 is 9.64. The summed E-state index contributed by atoms with van der Waals surface area (Å²) in [6.45, 7) is 2.47. The number of halogens is 2. The molecule has 1 amide bonds. The lowest BCUT2D eigenvalue weighted by Gasteiger charge is -2.37. The van der Waals surface area contributed by atoms with Gasteiger partial charge in [-0.1, -0.05) is 45.4 Å². The van der Waals surface area contributed by atoms with Gasteiger partial charge < -0.3 is 14.5 Å². The van der Waals surface area contributed by atoms with Crippen LogP contribution in [0.5, 0.6) is 0 Å². The fraction of sp³-hybridized carbons (Fsp3) is 0.462. The Morgan fingerprint density at radius 1 is 1.27 bits per heavy atom. The largest absolute Gasteiger partial charge is 0.365 e. The van der Waals surface area contributed by atoms with Crippen LogP contribution in [0.3, 0.4) is 0 Å². The first-order chi connectivity index (χ1) is 17.8. The van der Waals surface area contributed by atoms with Crippen LogP contribution in [-0.4, -0.2) is 57.5 Å². The Morgan fingerprint density at radius 3 is 2.89 bits per heavy atom. The Labute approximate surface area is 233 Å². The van der Waals surface area contributed by atoms with Gasteiger partial charge in [0, 0.05) is 43.6 Å². The van der Waals surface area contributed by atoms with E-state index in [1.54, 1.807) is 25.9 Å². The molecule has 0 saturated heterocycles. The molecule has 0 bridgehead atoms. The molecule has 2 aliphatic heterocycles. The van der Waals surface area contributed by atoms with Crippen LogP contribution in [0.4, 0.5) is 5.82 Å². The van der Waals surface area contributed by atoms with E-state index in [0.29, 0.717) is 30.4 Å². The molecule has 4 heterocycles. The first-order valence-corrected chi connectivity index (χ1v) is 14.8. The number of nitrogens with zero attached hydrogens (tertiary/aromatic N) is 6. The van der Waals surface area contributed by atoms with Crippen molar-refractivity contribution < 1.29 is 9.53 Å². The molecule has 37 heavy (non-hydrogen) atoms. The van der Waals surface area contributed by atoms with Gasteiger partial charge in [0.2, 0.25) is 0 Å². The van der Waals surface area contributed by atoms with Crippen LogP contribution in [0.25, 0.3) is 0 Å². The molecule has 1 spiro atoms. The first kappa shape index (κ1) is 25.2. The zero-order valence-electron chi connectivity index (χ0n) is 21.1. The monoisotopic (exact) mass is 602 g/mol. The number of ether oxygens (including phenoxy) is 1. The van der Waals surface area contributed by atoms with Crippen molar-refractivity contribution in [3.63, 3.8) is 0 Å². The van der Waals surface area contributed by atoms with Crippen LogP contribution in [0.2, 0.25) is 5.02 Å². The van der Waals surface area contributed by atoms with E-state index >= 15 is 0 Å². The Bertz CT molecular complexity index is 1410. The maximum absolute atomic E-state index is 12.6. The number of benzene rings is 1. The molecule has 3 aromatic rings. The van der Waals surface area contributed by atoms with Gasteiger partial charge in [-0.2, -0.15) is 5.10 Å². The number of carbonyl (C=O) groups is 1. The third kappa shape index (κ3) is 4.26. The van der Waals surface area contributed by atoms with Gasteiger partial charge in [-0.3, -0.25) is 9.48 Å². The summed E-state index contributed by atoms with van der Waals surface area (Å²) in [5.41, 5.74) is 5.50. The van der Waals surface area contributed by atoms with E-state index in [9.17, 15) is 4.79 Å². The molecule has 0 saturated carbocycles. The molecule has 1 unspecified atom stereocenters. The summed E-state index contributed by atoms with van der Waals surface area (Å²) in [6.07, 6.45) is 5.56. The average Bonchev–Trinajstić information content (AvgIpc) is 3.28. The minimum atomic E-state index is -0.352. The third-order valence-corrected chi connectivity index (χ3v) is 9.02. The van der Waals surface area contributed by atoms with Crippen molar-refractivity contribution in [1.29, 1.82) is 0 Å². The summed E-state index contributed by atoms with van der Waals surface area (Å²) in [4.78, 5) is 26.3. The number of amides is 1. The van der Waals surface area contributed by atoms with Gasteiger partial charge in [-0.05, 0) is 48.8 Å². The number of thioether (sulfide) groups is 1. The summed E-state index contributed by atoms with van der Waals surface area (Å²) in [5, 5.41) is 5.73. The SMILES string of the molecule is CSc1nc2c(c(N3CCCn4nc(C(=O)N(C)C)c(Cl)c4C3)n1)COC1(CCc3ccc(Br)cc31)C2. The molecular weight excluding hydrogens is 576 g/mol. The van der Waals surface area contributed by atoms with E-state index in [2.05, 4.69) is 44.1 Å². The van der Waals surface area contributed by atoms with Crippen molar-refractivity contribution in [2.45, 2.75) is 56.1 Å². The summed E-state index contributed by atoms with van der Waals surface area (Å²) in [6, 6.07) is 6.51. The van der Waals surface area contributed by atoms with E-state index in [-0.39, 0.29) is 11.5 Å². The number of anilines is 1. The Kier molecular flexibility index (Phi) is 6.50. The van der Waals surface area contributed by atoms with Gasteiger partial charge in [0.1, 0.15) is 5.82 Å². The quantitative estimate of drug-likeness (QED) is 0.313. The van der Waals surface area contributed by atoms with Crippen LogP contribution in [0.15, 0.2) is 27.8 Å². The van der Waals surface area contributed by atoms with Crippen LogP contribution in [0.1, 0.15) is 51.4 Å². The lowest BCUT2D eigenvalue weighted by atomic mass is 9.87. The fourth-order valence-electron chi connectivity index (χ4n) is 5.68. The predicted octanol–water partition coefficient (Wildman–Crippen LogP) is 4.84. The molecule has 1 aliphatic carbocycles. The predicted molar refractivity (Wildman–Crippen MR) is 147 cm³/mol. The number of carbonyl (C=O) groups excluding carboxylic acids is 1. The van der Waals surface area contributed by atoms with Crippen molar-refractivity contribution in [2.24, 2.45) is 0 Å². The normalized spacial score (nSPS) is 20.4. The molecule has 6 rings (SSSR count). The zero-order valence-corrected chi connectivity index (χ0v) is 24.2. The van der Waals surface area contributed by atoms with Gasteiger partial charge in [0.05, 0.1) is 35.2 Å². The van der Waals surface area contributed by atoms with Crippen LogP contribution in [-0.2, 0) is 42.9 Å². The molecule has 1 atom stereocenters. The summed E-state index contributed by atoms with van der Waals surface area (Å²) in [7, 11) is 3.42. The molecule has 0 N–H and O–H groups in total. The lowest BCUT2D eigenvalue weighted by Crippen LogP contribution is -2.36. The minimum Gasteiger partial charge on any atom is -0.365 e. The molecule has 11 heteroatoms. The second kappa shape index (κ2) is 9.55. The topological polar surface area (TPSA) is 76.4 Å². The van der Waals surface area contributed by atoms with Crippen molar-refractivity contribution in [3.8, 4) is 0 Å². The molecule has 194 valence electrons. The van der Waals surface area contributed by atoms with E-state index in [1.165, 1.54) is 16.0 Å². The van der Waals surface area contributed by atoms with Crippen molar-refractivity contribution >= 4 is 51.0 Å². The van der Waals surface area contributed by atoms with Gasteiger partial charge in [0.25, 0.3) is 5.91 Å². The second-order valence-electron chi connectivity index (χ2n) is 10.0. The highest BCUT2D eigenvalue weighted by atomic mass is 79.9. The molecule has 8 nitrogen and oxygen atoms in total. The Balaban J connectivity index is 1.38. The summed E-state index contributed by atoms with van der Waals surface area (Å²) in [5.74, 6) is 0.700. The lowest BCUT2D eigenvalue weighted by molar-refractivity contribution is -0.0730. The molecule has 3 aliphatic rings. The number of hydrogen-bond donors (Lipinski definition) is 0. The van der Waals surface area contributed by atoms with E-state index in [4.69, 9.17) is 26.3 Å². The number of aromatic nitrogens is 4. The van der Waals surface area contributed by atoms with Gasteiger partial charge in [0.15, 0.2) is 10.9 Å².